The minimum atomic E-state index is -4.57. The van der Waals surface area contributed by atoms with E-state index >= 15 is 0 Å². The predicted molar refractivity (Wildman–Crippen MR) is 75.2 cm³/mol. The normalized spacial score (nSPS) is 13.0. The molecule has 4 nitrogen and oxygen atoms in total. The molecule has 0 spiro atoms. The number of nitrogens with zero attached hydrogens (tertiary/aromatic N) is 3. The molecule has 116 valence electrons. The van der Waals surface area contributed by atoms with Crippen LogP contribution in [0, 0.1) is 17.1 Å². The molecule has 2 N–H and O–H groups in total. The van der Waals surface area contributed by atoms with Gasteiger partial charge in [0.15, 0.2) is 0 Å². The first kappa shape index (κ1) is 16.3. The van der Waals surface area contributed by atoms with E-state index in [0.29, 0.717) is 4.68 Å². The van der Waals surface area contributed by atoms with Gasteiger partial charge in [-0.05, 0) is 35.0 Å². The molecule has 2 rings (SSSR count). The second-order valence-corrected chi connectivity index (χ2v) is 5.37. The number of aromatic nitrogens is 2. The summed E-state index contributed by atoms with van der Waals surface area (Å²) in [5.74, 6) is -1.04. The van der Waals surface area contributed by atoms with Gasteiger partial charge in [0, 0.05) is 5.56 Å². The Morgan fingerprint density at radius 1 is 1.41 bits per heavy atom. The van der Waals surface area contributed by atoms with E-state index in [1.54, 1.807) is 6.07 Å². The largest absolute Gasteiger partial charge is 0.410 e. The number of nitrogens with two attached hydrogens (primary N) is 1. The van der Waals surface area contributed by atoms with E-state index in [4.69, 9.17) is 11.0 Å². The SMILES string of the molecule is CC(n1nc(-c2ccc(Br)c(F)c2)c(C#N)c1N)C(F)(F)F. The summed E-state index contributed by atoms with van der Waals surface area (Å²) < 4.78 is 52.7. The fraction of sp³-hybridized carbons (Fsp3) is 0.231. The third-order valence-electron chi connectivity index (χ3n) is 3.09. The van der Waals surface area contributed by atoms with Crippen LogP contribution in [0.3, 0.4) is 0 Å². The average molecular weight is 377 g/mol. The molecule has 0 radical (unpaired) electrons. The summed E-state index contributed by atoms with van der Waals surface area (Å²) in [6, 6.07) is 3.57. The maximum atomic E-state index is 13.6. The molecule has 1 atom stereocenters. The van der Waals surface area contributed by atoms with Gasteiger partial charge in [-0.15, -0.1) is 0 Å². The van der Waals surface area contributed by atoms with E-state index in [-0.39, 0.29) is 21.3 Å². The van der Waals surface area contributed by atoms with Crippen LogP contribution in [0.1, 0.15) is 18.5 Å². The summed E-state index contributed by atoms with van der Waals surface area (Å²) in [6.45, 7) is 0.871. The van der Waals surface area contributed by atoms with Crippen molar-refractivity contribution >= 4 is 21.7 Å². The number of halogens is 5. The molecule has 0 fully saturated rings. The van der Waals surface area contributed by atoms with E-state index in [2.05, 4.69) is 21.0 Å². The monoisotopic (exact) mass is 376 g/mol. The number of nitriles is 1. The Hall–Kier alpha value is -2.08. The quantitative estimate of drug-likeness (QED) is 0.804. The van der Waals surface area contributed by atoms with Crippen LogP contribution >= 0.6 is 15.9 Å². The van der Waals surface area contributed by atoms with Crippen LogP contribution in [0.5, 0.6) is 0 Å². The Labute approximate surface area is 131 Å². The highest BCUT2D eigenvalue weighted by Gasteiger charge is 2.40. The Bertz CT molecular complexity index is 761. The van der Waals surface area contributed by atoms with E-state index in [9.17, 15) is 17.6 Å². The zero-order valence-corrected chi connectivity index (χ0v) is 12.7. The summed E-state index contributed by atoms with van der Waals surface area (Å²) in [5, 5.41) is 12.9. The van der Waals surface area contributed by atoms with Crippen LogP contribution in [0.4, 0.5) is 23.4 Å². The molecule has 1 aromatic heterocycles. The summed E-state index contributed by atoms with van der Waals surface area (Å²) in [6.07, 6.45) is -4.57. The molecule has 0 aliphatic rings. The van der Waals surface area contributed by atoms with E-state index in [0.717, 1.165) is 13.0 Å². The topological polar surface area (TPSA) is 67.6 Å². The van der Waals surface area contributed by atoms with Crippen molar-refractivity contribution in [1.29, 1.82) is 5.26 Å². The maximum absolute atomic E-state index is 13.6. The smallest absolute Gasteiger partial charge is 0.383 e. The van der Waals surface area contributed by atoms with Crippen molar-refractivity contribution in [3.63, 3.8) is 0 Å². The fourth-order valence-electron chi connectivity index (χ4n) is 1.84. The molecule has 0 saturated carbocycles. The Kier molecular flexibility index (Phi) is 4.15. The second kappa shape index (κ2) is 5.61. The molecule has 2 aromatic rings. The van der Waals surface area contributed by atoms with E-state index < -0.39 is 23.9 Å². The number of alkyl halides is 3. The van der Waals surface area contributed by atoms with Gasteiger partial charge in [0.2, 0.25) is 0 Å². The van der Waals surface area contributed by atoms with Gasteiger partial charge >= 0.3 is 6.18 Å². The Morgan fingerprint density at radius 3 is 2.55 bits per heavy atom. The third-order valence-corrected chi connectivity index (χ3v) is 3.74. The number of nitrogen functional groups attached to an aromatic ring is 1. The Morgan fingerprint density at radius 2 is 2.05 bits per heavy atom. The lowest BCUT2D eigenvalue weighted by Crippen LogP contribution is -2.25. The molecule has 22 heavy (non-hydrogen) atoms. The van der Waals surface area contributed by atoms with Crippen LogP contribution in [-0.2, 0) is 0 Å². The number of anilines is 1. The number of benzene rings is 1. The molecule has 0 aliphatic heterocycles. The first-order valence-corrected chi connectivity index (χ1v) is 6.76. The highest BCUT2D eigenvalue weighted by Crippen LogP contribution is 2.35. The van der Waals surface area contributed by atoms with Gasteiger partial charge in [-0.25, -0.2) is 9.07 Å². The first-order chi connectivity index (χ1) is 10.2. The summed E-state index contributed by atoms with van der Waals surface area (Å²) in [4.78, 5) is 0. The van der Waals surface area contributed by atoms with Crippen molar-refractivity contribution in [3.05, 3.63) is 34.1 Å². The molecule has 1 heterocycles. The molecule has 9 heteroatoms. The van der Waals surface area contributed by atoms with Crippen LogP contribution in [-0.4, -0.2) is 16.0 Å². The van der Waals surface area contributed by atoms with Crippen LogP contribution in [0.15, 0.2) is 22.7 Å². The van der Waals surface area contributed by atoms with Crippen molar-refractivity contribution in [1.82, 2.24) is 9.78 Å². The zero-order valence-electron chi connectivity index (χ0n) is 11.1. The fourth-order valence-corrected chi connectivity index (χ4v) is 2.08. The second-order valence-electron chi connectivity index (χ2n) is 4.51. The molecule has 1 unspecified atom stereocenters. The molecule has 0 amide bonds. The van der Waals surface area contributed by atoms with Crippen LogP contribution in [0.2, 0.25) is 0 Å². The molecule has 1 aromatic carbocycles. The summed E-state index contributed by atoms with van der Waals surface area (Å²) in [7, 11) is 0. The van der Waals surface area contributed by atoms with Crippen LogP contribution < -0.4 is 5.73 Å². The highest BCUT2D eigenvalue weighted by atomic mass is 79.9. The van der Waals surface area contributed by atoms with Crippen molar-refractivity contribution in [3.8, 4) is 17.3 Å². The predicted octanol–water partition coefficient (Wildman–Crippen LogP) is 4.03. The van der Waals surface area contributed by atoms with Gasteiger partial charge < -0.3 is 5.73 Å². The van der Waals surface area contributed by atoms with Crippen molar-refractivity contribution in [2.24, 2.45) is 0 Å². The molecular formula is C13H9BrF4N4. The van der Waals surface area contributed by atoms with Crippen molar-refractivity contribution in [2.75, 3.05) is 5.73 Å². The number of hydrogen-bond acceptors (Lipinski definition) is 3. The van der Waals surface area contributed by atoms with Crippen LogP contribution in [0.25, 0.3) is 11.3 Å². The molecule has 0 aliphatic carbocycles. The van der Waals surface area contributed by atoms with E-state index in [1.807, 2.05) is 0 Å². The standard InChI is InChI=1S/C13H9BrF4N4/c1-6(13(16,17)18)22-12(20)8(5-19)11(21-22)7-2-3-9(14)10(15)4-7/h2-4,6H,20H2,1H3. The lowest BCUT2D eigenvalue weighted by molar-refractivity contribution is -0.164. The molecule has 0 saturated heterocycles. The van der Waals surface area contributed by atoms with Gasteiger partial charge in [0.1, 0.15) is 35.0 Å². The average Bonchev–Trinajstić information content (AvgIpc) is 2.76. The minimum absolute atomic E-state index is 0.0949. The number of rotatable bonds is 2. The minimum Gasteiger partial charge on any atom is -0.383 e. The van der Waals surface area contributed by atoms with Gasteiger partial charge in [-0.1, -0.05) is 6.07 Å². The van der Waals surface area contributed by atoms with Gasteiger partial charge in [0.05, 0.1) is 4.47 Å². The lowest BCUT2D eigenvalue weighted by atomic mass is 10.1. The third kappa shape index (κ3) is 2.78. The van der Waals surface area contributed by atoms with Gasteiger partial charge in [-0.3, -0.25) is 0 Å². The van der Waals surface area contributed by atoms with E-state index in [1.165, 1.54) is 12.1 Å². The molecular weight excluding hydrogens is 368 g/mol. The van der Waals surface area contributed by atoms with Gasteiger partial charge in [-0.2, -0.15) is 23.5 Å². The van der Waals surface area contributed by atoms with Gasteiger partial charge in [0.25, 0.3) is 0 Å². The lowest BCUT2D eigenvalue weighted by Gasteiger charge is -2.16. The van der Waals surface area contributed by atoms with Crippen molar-refractivity contribution < 1.29 is 17.6 Å². The highest BCUT2D eigenvalue weighted by molar-refractivity contribution is 9.10. The number of hydrogen-bond donors (Lipinski definition) is 1. The van der Waals surface area contributed by atoms with Crippen molar-refractivity contribution in [2.45, 2.75) is 19.1 Å². The zero-order chi connectivity index (χ0) is 16.7. The summed E-state index contributed by atoms with van der Waals surface area (Å²) >= 11 is 2.97. The molecule has 0 bridgehead atoms. The summed E-state index contributed by atoms with van der Waals surface area (Å²) in [5.41, 5.74) is 5.44. The maximum Gasteiger partial charge on any atom is 0.410 e. The Balaban J connectivity index is 2.63. The first-order valence-electron chi connectivity index (χ1n) is 5.97.